The molecule has 2 rings (SSSR count). The first-order chi connectivity index (χ1) is 9.50. The van der Waals surface area contributed by atoms with Crippen LogP contribution in [0.2, 0.25) is 5.02 Å². The molecule has 0 bridgehead atoms. The van der Waals surface area contributed by atoms with Gasteiger partial charge in [0.25, 0.3) is 5.91 Å². The minimum absolute atomic E-state index is 0.0191. The number of carbonyl (C=O) groups is 1. The van der Waals surface area contributed by atoms with Crippen LogP contribution in [0.1, 0.15) is 49.9 Å². The molecule has 1 aromatic rings. The van der Waals surface area contributed by atoms with Gasteiger partial charge in [-0.05, 0) is 30.9 Å². The molecule has 3 nitrogen and oxygen atoms in total. The molecule has 0 radical (unpaired) electrons. The Labute approximate surface area is 126 Å². The van der Waals surface area contributed by atoms with E-state index in [-0.39, 0.29) is 5.91 Å². The highest BCUT2D eigenvalue weighted by molar-refractivity contribution is 6.33. The third kappa shape index (κ3) is 3.26. The van der Waals surface area contributed by atoms with E-state index in [1.165, 1.54) is 12.8 Å². The second-order valence-corrected chi connectivity index (χ2v) is 6.40. The number of halogens is 1. The van der Waals surface area contributed by atoms with Crippen molar-refractivity contribution in [3.05, 3.63) is 28.8 Å². The highest BCUT2D eigenvalue weighted by Gasteiger charge is 2.29. The maximum absolute atomic E-state index is 12.8. The van der Waals surface area contributed by atoms with Crippen LogP contribution in [0, 0.1) is 5.92 Å². The second-order valence-electron chi connectivity index (χ2n) is 5.99. The monoisotopic (exact) mass is 294 g/mol. The van der Waals surface area contributed by atoms with E-state index in [0.29, 0.717) is 28.2 Å². The van der Waals surface area contributed by atoms with Gasteiger partial charge in [-0.1, -0.05) is 44.4 Å². The molecule has 0 aromatic heterocycles. The van der Waals surface area contributed by atoms with Gasteiger partial charge in [-0.3, -0.25) is 4.79 Å². The molecule has 20 heavy (non-hydrogen) atoms. The largest absolute Gasteiger partial charge is 0.397 e. The van der Waals surface area contributed by atoms with Crippen molar-refractivity contribution >= 4 is 23.2 Å². The number of nitrogens with two attached hydrogens (primary N) is 1. The summed E-state index contributed by atoms with van der Waals surface area (Å²) in [6, 6.07) is 5.62. The number of anilines is 1. The third-order valence-corrected chi connectivity index (χ3v) is 4.20. The van der Waals surface area contributed by atoms with Gasteiger partial charge in [0.15, 0.2) is 0 Å². The molecule has 1 amide bonds. The highest BCUT2D eigenvalue weighted by atomic mass is 35.5. The van der Waals surface area contributed by atoms with Crippen LogP contribution in [-0.4, -0.2) is 23.4 Å². The van der Waals surface area contributed by atoms with Crippen LogP contribution in [0.5, 0.6) is 0 Å². The van der Waals surface area contributed by atoms with Gasteiger partial charge in [-0.25, -0.2) is 0 Å². The highest BCUT2D eigenvalue weighted by Crippen LogP contribution is 2.29. The average Bonchev–Trinajstić information content (AvgIpc) is 2.92. The number of carbonyl (C=O) groups excluding carboxylic acids is 1. The Bertz CT molecular complexity index is 481. The minimum Gasteiger partial charge on any atom is -0.397 e. The standard InChI is InChI=1S/C16H23ClN2O/c1-11(2)10-19(12-6-3-4-7-12)16(20)13-8-5-9-14(17)15(13)18/h5,8-9,11-12H,3-4,6-7,10,18H2,1-2H3. The number of para-hydroxylation sites is 1. The Kier molecular flexibility index (Phi) is 4.92. The Morgan fingerprint density at radius 3 is 2.65 bits per heavy atom. The summed E-state index contributed by atoms with van der Waals surface area (Å²) in [4.78, 5) is 14.8. The maximum Gasteiger partial charge on any atom is 0.256 e. The van der Waals surface area contributed by atoms with Crippen molar-refractivity contribution in [3.8, 4) is 0 Å². The van der Waals surface area contributed by atoms with E-state index in [1.54, 1.807) is 18.2 Å². The molecule has 0 heterocycles. The smallest absolute Gasteiger partial charge is 0.256 e. The van der Waals surface area contributed by atoms with E-state index in [4.69, 9.17) is 17.3 Å². The summed E-state index contributed by atoms with van der Waals surface area (Å²) in [5, 5.41) is 0.451. The van der Waals surface area contributed by atoms with Crippen molar-refractivity contribution in [1.82, 2.24) is 4.90 Å². The van der Waals surface area contributed by atoms with Crippen LogP contribution < -0.4 is 5.73 Å². The minimum atomic E-state index is 0.0191. The molecule has 0 saturated heterocycles. The van der Waals surface area contributed by atoms with Crippen molar-refractivity contribution in [2.45, 2.75) is 45.6 Å². The molecule has 1 saturated carbocycles. The Morgan fingerprint density at radius 1 is 1.40 bits per heavy atom. The summed E-state index contributed by atoms with van der Waals surface area (Å²) in [6.45, 7) is 5.04. The first-order valence-electron chi connectivity index (χ1n) is 7.35. The molecule has 0 unspecified atom stereocenters. The topological polar surface area (TPSA) is 46.3 Å². The van der Waals surface area contributed by atoms with Gasteiger partial charge >= 0.3 is 0 Å². The number of benzene rings is 1. The Hall–Kier alpha value is -1.22. The van der Waals surface area contributed by atoms with Crippen LogP contribution in [0.15, 0.2) is 18.2 Å². The summed E-state index contributed by atoms with van der Waals surface area (Å²) >= 11 is 6.03. The van der Waals surface area contributed by atoms with Crippen molar-refractivity contribution in [2.24, 2.45) is 5.92 Å². The predicted octanol–water partition coefficient (Wildman–Crippen LogP) is 3.96. The average molecular weight is 295 g/mol. The molecule has 0 spiro atoms. The fourth-order valence-corrected chi connectivity index (χ4v) is 3.06. The molecule has 4 heteroatoms. The summed E-state index contributed by atoms with van der Waals surface area (Å²) in [7, 11) is 0. The zero-order chi connectivity index (χ0) is 14.7. The van der Waals surface area contributed by atoms with Gasteiger partial charge in [-0.15, -0.1) is 0 Å². The zero-order valence-electron chi connectivity index (χ0n) is 12.2. The normalized spacial score (nSPS) is 15.8. The molecular weight excluding hydrogens is 272 g/mol. The Morgan fingerprint density at radius 2 is 2.05 bits per heavy atom. The van der Waals surface area contributed by atoms with Gasteiger partial charge in [0, 0.05) is 12.6 Å². The van der Waals surface area contributed by atoms with Gasteiger partial charge in [0.05, 0.1) is 16.3 Å². The zero-order valence-corrected chi connectivity index (χ0v) is 13.0. The van der Waals surface area contributed by atoms with Crippen LogP contribution >= 0.6 is 11.6 Å². The quantitative estimate of drug-likeness (QED) is 0.854. The number of nitrogen functional groups attached to an aromatic ring is 1. The van der Waals surface area contributed by atoms with Gasteiger partial charge in [0.1, 0.15) is 0 Å². The fourth-order valence-electron chi connectivity index (χ4n) is 2.89. The summed E-state index contributed by atoms with van der Waals surface area (Å²) in [5.74, 6) is 0.463. The van der Waals surface area contributed by atoms with E-state index in [9.17, 15) is 4.79 Å². The molecule has 0 atom stereocenters. The summed E-state index contributed by atoms with van der Waals surface area (Å²) in [6.07, 6.45) is 4.60. The van der Waals surface area contributed by atoms with E-state index in [1.807, 2.05) is 4.90 Å². The molecule has 1 aliphatic rings. The summed E-state index contributed by atoms with van der Waals surface area (Å²) in [5.41, 5.74) is 6.90. The van der Waals surface area contributed by atoms with E-state index < -0.39 is 0 Å². The molecule has 110 valence electrons. The number of amides is 1. The van der Waals surface area contributed by atoms with Crippen molar-refractivity contribution in [1.29, 1.82) is 0 Å². The van der Waals surface area contributed by atoms with Crippen LogP contribution in [0.4, 0.5) is 5.69 Å². The lowest BCUT2D eigenvalue weighted by Gasteiger charge is -2.31. The first-order valence-corrected chi connectivity index (χ1v) is 7.73. The molecule has 0 aliphatic heterocycles. The molecule has 1 fully saturated rings. The van der Waals surface area contributed by atoms with Crippen molar-refractivity contribution < 1.29 is 4.79 Å². The lowest BCUT2D eigenvalue weighted by Crippen LogP contribution is -2.41. The molecular formula is C16H23ClN2O. The third-order valence-electron chi connectivity index (χ3n) is 3.87. The lowest BCUT2D eigenvalue weighted by molar-refractivity contribution is 0.0656. The molecule has 1 aliphatic carbocycles. The van der Waals surface area contributed by atoms with Gasteiger partial charge in [0.2, 0.25) is 0 Å². The van der Waals surface area contributed by atoms with Gasteiger partial charge < -0.3 is 10.6 Å². The summed E-state index contributed by atoms with van der Waals surface area (Å²) < 4.78 is 0. The maximum atomic E-state index is 12.8. The fraction of sp³-hybridized carbons (Fsp3) is 0.562. The molecule has 1 aromatic carbocycles. The second kappa shape index (κ2) is 6.49. The first kappa shape index (κ1) is 15.2. The van der Waals surface area contributed by atoms with Crippen molar-refractivity contribution in [2.75, 3.05) is 12.3 Å². The van der Waals surface area contributed by atoms with Crippen LogP contribution in [0.25, 0.3) is 0 Å². The van der Waals surface area contributed by atoms with Crippen LogP contribution in [0.3, 0.4) is 0 Å². The predicted molar refractivity (Wildman–Crippen MR) is 84.0 cm³/mol. The van der Waals surface area contributed by atoms with Gasteiger partial charge in [-0.2, -0.15) is 0 Å². The lowest BCUT2D eigenvalue weighted by atomic mass is 10.1. The van der Waals surface area contributed by atoms with E-state index in [0.717, 1.165) is 19.4 Å². The number of hydrogen-bond donors (Lipinski definition) is 1. The molecule has 2 N–H and O–H groups in total. The van der Waals surface area contributed by atoms with E-state index in [2.05, 4.69) is 13.8 Å². The number of hydrogen-bond acceptors (Lipinski definition) is 2. The Balaban J connectivity index is 2.27. The van der Waals surface area contributed by atoms with E-state index >= 15 is 0 Å². The SMILES string of the molecule is CC(C)CN(C(=O)c1cccc(Cl)c1N)C1CCCC1. The number of rotatable bonds is 4. The van der Waals surface area contributed by atoms with Crippen molar-refractivity contribution in [3.63, 3.8) is 0 Å². The van der Waals surface area contributed by atoms with Crippen LogP contribution in [-0.2, 0) is 0 Å². The number of nitrogens with zero attached hydrogens (tertiary/aromatic N) is 1.